The maximum absolute atomic E-state index is 10.4. The van der Waals surface area contributed by atoms with Crippen molar-refractivity contribution in [1.29, 1.82) is 0 Å². The standard InChI is InChI=1S/C16H21NO2/c1-3-11(4-2)15(18)16(19)13-7-5-6-12-8-9-17-10-14(12)13/h5-11,15-16,18-19H,3-4H2,1-2H3. The van der Waals surface area contributed by atoms with Gasteiger partial charge in [-0.2, -0.15) is 0 Å². The Morgan fingerprint density at radius 3 is 2.53 bits per heavy atom. The van der Waals surface area contributed by atoms with E-state index in [0.29, 0.717) is 0 Å². The molecule has 102 valence electrons. The Balaban J connectivity index is 2.38. The summed E-state index contributed by atoms with van der Waals surface area (Å²) in [4.78, 5) is 4.11. The summed E-state index contributed by atoms with van der Waals surface area (Å²) in [5.74, 6) is 0.113. The van der Waals surface area contributed by atoms with Crippen LogP contribution in [0, 0.1) is 5.92 Å². The molecule has 3 nitrogen and oxygen atoms in total. The molecule has 0 aliphatic heterocycles. The van der Waals surface area contributed by atoms with Gasteiger partial charge in [0.2, 0.25) is 0 Å². The molecule has 0 bridgehead atoms. The Morgan fingerprint density at radius 2 is 1.84 bits per heavy atom. The van der Waals surface area contributed by atoms with Crippen molar-refractivity contribution in [2.75, 3.05) is 0 Å². The second-order valence-electron chi connectivity index (χ2n) is 4.96. The largest absolute Gasteiger partial charge is 0.390 e. The van der Waals surface area contributed by atoms with E-state index in [1.807, 2.05) is 38.1 Å². The molecule has 0 saturated heterocycles. The molecule has 0 spiro atoms. The van der Waals surface area contributed by atoms with E-state index in [0.717, 1.165) is 29.2 Å². The number of fused-ring (bicyclic) bond motifs is 1. The fraction of sp³-hybridized carbons (Fsp3) is 0.438. The quantitative estimate of drug-likeness (QED) is 0.867. The molecular formula is C16H21NO2. The van der Waals surface area contributed by atoms with Gasteiger partial charge in [-0.05, 0) is 22.9 Å². The van der Waals surface area contributed by atoms with Crippen molar-refractivity contribution < 1.29 is 10.2 Å². The minimum Gasteiger partial charge on any atom is -0.390 e. The third kappa shape index (κ3) is 2.77. The predicted molar refractivity (Wildman–Crippen MR) is 76.8 cm³/mol. The lowest BCUT2D eigenvalue weighted by Crippen LogP contribution is -2.27. The van der Waals surface area contributed by atoms with Crippen molar-refractivity contribution >= 4 is 10.8 Å². The molecule has 2 N–H and O–H groups in total. The molecule has 2 atom stereocenters. The summed E-state index contributed by atoms with van der Waals surface area (Å²) in [6, 6.07) is 7.66. The van der Waals surface area contributed by atoms with Crippen LogP contribution in [0.2, 0.25) is 0 Å². The highest BCUT2D eigenvalue weighted by molar-refractivity contribution is 5.85. The second kappa shape index (κ2) is 6.13. The molecule has 0 aliphatic carbocycles. The van der Waals surface area contributed by atoms with Gasteiger partial charge in [0, 0.05) is 17.8 Å². The maximum atomic E-state index is 10.4. The van der Waals surface area contributed by atoms with Crippen LogP contribution in [-0.4, -0.2) is 21.3 Å². The van der Waals surface area contributed by atoms with E-state index in [4.69, 9.17) is 0 Å². The third-order valence-corrected chi connectivity index (χ3v) is 3.89. The van der Waals surface area contributed by atoms with E-state index >= 15 is 0 Å². The normalized spacial score (nSPS) is 14.8. The summed E-state index contributed by atoms with van der Waals surface area (Å²) in [6.07, 6.45) is 3.59. The highest BCUT2D eigenvalue weighted by Gasteiger charge is 2.26. The predicted octanol–water partition coefficient (Wildman–Crippen LogP) is 3.07. The molecule has 1 aromatic heterocycles. The highest BCUT2D eigenvalue weighted by Crippen LogP contribution is 2.30. The molecular weight excluding hydrogens is 238 g/mol. The van der Waals surface area contributed by atoms with E-state index in [9.17, 15) is 10.2 Å². The highest BCUT2D eigenvalue weighted by atomic mass is 16.3. The average molecular weight is 259 g/mol. The van der Waals surface area contributed by atoms with Crippen molar-refractivity contribution in [2.24, 2.45) is 5.92 Å². The molecule has 2 aromatic rings. The minimum atomic E-state index is -0.863. The SMILES string of the molecule is CCC(CC)C(O)C(O)c1cccc2ccncc12. The van der Waals surface area contributed by atoms with Crippen LogP contribution in [0.1, 0.15) is 38.4 Å². The van der Waals surface area contributed by atoms with E-state index in [1.165, 1.54) is 0 Å². The van der Waals surface area contributed by atoms with Crippen molar-refractivity contribution in [2.45, 2.75) is 38.9 Å². The first-order chi connectivity index (χ1) is 9.19. The Kier molecular flexibility index (Phi) is 4.51. The Morgan fingerprint density at radius 1 is 1.11 bits per heavy atom. The van der Waals surface area contributed by atoms with Crippen molar-refractivity contribution in [3.05, 3.63) is 42.2 Å². The number of aliphatic hydroxyl groups excluding tert-OH is 2. The zero-order chi connectivity index (χ0) is 13.8. The molecule has 3 heteroatoms. The number of hydrogen-bond donors (Lipinski definition) is 2. The van der Waals surface area contributed by atoms with Crippen LogP contribution in [0.3, 0.4) is 0 Å². The molecule has 1 aromatic carbocycles. The van der Waals surface area contributed by atoms with Crippen LogP contribution in [0.15, 0.2) is 36.7 Å². The van der Waals surface area contributed by atoms with Gasteiger partial charge in [0.1, 0.15) is 6.10 Å². The summed E-state index contributed by atoms with van der Waals surface area (Å²) in [6.45, 7) is 4.07. The lowest BCUT2D eigenvalue weighted by molar-refractivity contribution is -0.0202. The third-order valence-electron chi connectivity index (χ3n) is 3.89. The van der Waals surface area contributed by atoms with Crippen molar-refractivity contribution in [1.82, 2.24) is 4.98 Å². The van der Waals surface area contributed by atoms with Gasteiger partial charge in [-0.1, -0.05) is 44.9 Å². The van der Waals surface area contributed by atoms with E-state index in [2.05, 4.69) is 4.98 Å². The molecule has 1 heterocycles. The summed E-state index contributed by atoms with van der Waals surface area (Å²) >= 11 is 0. The van der Waals surface area contributed by atoms with Gasteiger partial charge in [0.25, 0.3) is 0 Å². The van der Waals surface area contributed by atoms with E-state index in [1.54, 1.807) is 12.4 Å². The Hall–Kier alpha value is -1.45. The monoisotopic (exact) mass is 259 g/mol. The van der Waals surface area contributed by atoms with Crippen LogP contribution >= 0.6 is 0 Å². The molecule has 2 rings (SSSR count). The van der Waals surface area contributed by atoms with Crippen LogP contribution in [0.25, 0.3) is 10.8 Å². The van der Waals surface area contributed by atoms with Crippen molar-refractivity contribution in [3.63, 3.8) is 0 Å². The maximum Gasteiger partial charge on any atom is 0.106 e. The number of pyridine rings is 1. The molecule has 2 unspecified atom stereocenters. The van der Waals surface area contributed by atoms with Crippen molar-refractivity contribution in [3.8, 4) is 0 Å². The number of rotatable bonds is 5. The second-order valence-corrected chi connectivity index (χ2v) is 4.96. The summed E-state index contributed by atoms with van der Waals surface area (Å²) in [5, 5.41) is 22.7. The first-order valence-corrected chi connectivity index (χ1v) is 6.87. The molecule has 19 heavy (non-hydrogen) atoms. The lowest BCUT2D eigenvalue weighted by Gasteiger charge is -2.26. The topological polar surface area (TPSA) is 53.4 Å². The number of hydrogen-bond acceptors (Lipinski definition) is 3. The lowest BCUT2D eigenvalue weighted by atomic mass is 9.88. The minimum absolute atomic E-state index is 0.113. The van der Waals surface area contributed by atoms with Gasteiger partial charge >= 0.3 is 0 Å². The summed E-state index contributed by atoms with van der Waals surface area (Å²) in [5.41, 5.74) is 0.755. The zero-order valence-electron chi connectivity index (χ0n) is 11.5. The smallest absolute Gasteiger partial charge is 0.106 e. The number of benzene rings is 1. The fourth-order valence-electron chi connectivity index (χ4n) is 2.61. The molecule has 0 amide bonds. The number of aliphatic hydroxyl groups is 2. The van der Waals surface area contributed by atoms with Gasteiger partial charge in [-0.3, -0.25) is 4.98 Å². The zero-order valence-corrected chi connectivity index (χ0v) is 11.5. The van der Waals surface area contributed by atoms with Crippen LogP contribution in [0.5, 0.6) is 0 Å². The summed E-state index contributed by atoms with van der Waals surface area (Å²) in [7, 11) is 0. The molecule has 0 fully saturated rings. The molecule has 0 aliphatic rings. The van der Waals surface area contributed by atoms with Gasteiger partial charge in [0.15, 0.2) is 0 Å². The van der Waals surface area contributed by atoms with Gasteiger partial charge in [0.05, 0.1) is 6.10 Å². The van der Waals surface area contributed by atoms with E-state index in [-0.39, 0.29) is 5.92 Å². The molecule has 0 saturated carbocycles. The first-order valence-electron chi connectivity index (χ1n) is 6.87. The van der Waals surface area contributed by atoms with Crippen LogP contribution in [-0.2, 0) is 0 Å². The van der Waals surface area contributed by atoms with Gasteiger partial charge in [-0.15, -0.1) is 0 Å². The average Bonchev–Trinajstić information content (AvgIpc) is 2.47. The fourth-order valence-corrected chi connectivity index (χ4v) is 2.61. The van der Waals surface area contributed by atoms with Crippen LogP contribution in [0.4, 0.5) is 0 Å². The number of nitrogens with zero attached hydrogens (tertiary/aromatic N) is 1. The summed E-state index contributed by atoms with van der Waals surface area (Å²) < 4.78 is 0. The van der Waals surface area contributed by atoms with E-state index < -0.39 is 12.2 Å². The molecule has 0 radical (unpaired) electrons. The Bertz CT molecular complexity index is 532. The Labute approximate surface area is 113 Å². The van der Waals surface area contributed by atoms with Gasteiger partial charge < -0.3 is 10.2 Å². The van der Waals surface area contributed by atoms with Crippen LogP contribution < -0.4 is 0 Å². The van der Waals surface area contributed by atoms with Gasteiger partial charge in [-0.25, -0.2) is 0 Å². The first kappa shape index (κ1) is 14.0. The number of aromatic nitrogens is 1.